The van der Waals surface area contributed by atoms with Gasteiger partial charge in [0.15, 0.2) is 5.78 Å². The number of hydrogen-bond acceptors (Lipinski definition) is 4. The number of morpholine rings is 1. The Kier molecular flexibility index (Phi) is 3.63. The summed E-state index contributed by atoms with van der Waals surface area (Å²) in [5, 5.41) is 8.98. The van der Waals surface area contributed by atoms with Crippen LogP contribution in [-0.4, -0.2) is 31.6 Å². The number of nitriles is 1. The van der Waals surface area contributed by atoms with Crippen molar-refractivity contribution in [2.45, 2.75) is 19.9 Å². The highest BCUT2D eigenvalue weighted by atomic mass is 16.5. The highest BCUT2D eigenvalue weighted by Gasteiger charge is 2.22. The van der Waals surface area contributed by atoms with E-state index >= 15 is 0 Å². The van der Waals surface area contributed by atoms with Crippen LogP contribution in [0.4, 0.5) is 5.69 Å². The molecule has 0 amide bonds. The summed E-state index contributed by atoms with van der Waals surface area (Å²) in [6.07, 6.45) is 0. The molecule has 1 aliphatic heterocycles. The standard InChI is InChI=1S/C14H16N2O2/c1-10-9-18-6-5-16(10)14-7-12(8-15)3-4-13(14)11(2)17/h3-4,7,10H,5-6,9H2,1-2H3. The molecule has 94 valence electrons. The first-order chi connectivity index (χ1) is 8.63. The molecule has 1 heterocycles. The van der Waals surface area contributed by atoms with Crippen molar-refractivity contribution in [2.24, 2.45) is 0 Å². The highest BCUT2D eigenvalue weighted by Crippen LogP contribution is 2.26. The Morgan fingerprint density at radius 1 is 1.56 bits per heavy atom. The summed E-state index contributed by atoms with van der Waals surface area (Å²) >= 11 is 0. The van der Waals surface area contributed by atoms with E-state index in [1.807, 2.05) is 0 Å². The van der Waals surface area contributed by atoms with Gasteiger partial charge in [0.25, 0.3) is 0 Å². The van der Waals surface area contributed by atoms with Crippen molar-refractivity contribution in [3.05, 3.63) is 29.3 Å². The minimum atomic E-state index is 0.0215. The number of ketones is 1. The maximum atomic E-state index is 11.7. The van der Waals surface area contributed by atoms with Crippen LogP contribution in [0.5, 0.6) is 0 Å². The number of carbonyl (C=O) groups is 1. The normalized spacial score (nSPS) is 19.4. The zero-order chi connectivity index (χ0) is 13.1. The average Bonchev–Trinajstić information content (AvgIpc) is 2.38. The molecule has 1 aliphatic rings. The van der Waals surface area contributed by atoms with Gasteiger partial charge in [0.05, 0.1) is 24.8 Å². The smallest absolute Gasteiger partial charge is 0.161 e. The Bertz CT molecular complexity index is 505. The van der Waals surface area contributed by atoms with Crippen LogP contribution in [0.15, 0.2) is 18.2 Å². The van der Waals surface area contributed by atoms with Crippen LogP contribution < -0.4 is 4.90 Å². The topological polar surface area (TPSA) is 53.3 Å². The predicted molar refractivity (Wildman–Crippen MR) is 68.8 cm³/mol. The van der Waals surface area contributed by atoms with E-state index in [2.05, 4.69) is 17.9 Å². The monoisotopic (exact) mass is 244 g/mol. The fraction of sp³-hybridized carbons (Fsp3) is 0.429. The molecule has 0 N–H and O–H groups in total. The van der Waals surface area contributed by atoms with E-state index in [-0.39, 0.29) is 11.8 Å². The van der Waals surface area contributed by atoms with Gasteiger partial charge in [-0.2, -0.15) is 5.26 Å². The van der Waals surface area contributed by atoms with Gasteiger partial charge in [-0.25, -0.2) is 0 Å². The number of rotatable bonds is 2. The molecular weight excluding hydrogens is 228 g/mol. The lowest BCUT2D eigenvalue weighted by Crippen LogP contribution is -2.44. The quantitative estimate of drug-likeness (QED) is 0.746. The molecule has 1 saturated heterocycles. The molecule has 0 spiro atoms. The van der Waals surface area contributed by atoms with E-state index in [9.17, 15) is 4.79 Å². The number of Topliss-reactive ketones (excluding diaryl/α,β-unsaturated/α-hetero) is 1. The molecule has 4 nitrogen and oxygen atoms in total. The van der Waals surface area contributed by atoms with Crippen molar-refractivity contribution in [2.75, 3.05) is 24.7 Å². The van der Waals surface area contributed by atoms with Gasteiger partial charge in [-0.3, -0.25) is 4.79 Å². The molecule has 1 aromatic rings. The molecule has 0 radical (unpaired) electrons. The average molecular weight is 244 g/mol. The van der Waals surface area contributed by atoms with Gasteiger partial charge in [0, 0.05) is 23.8 Å². The number of nitrogens with zero attached hydrogens (tertiary/aromatic N) is 2. The van der Waals surface area contributed by atoms with E-state index in [0.29, 0.717) is 24.3 Å². The summed E-state index contributed by atoms with van der Waals surface area (Å²) < 4.78 is 5.40. The minimum absolute atomic E-state index is 0.0215. The lowest BCUT2D eigenvalue weighted by molar-refractivity contribution is 0.0974. The molecule has 1 unspecified atom stereocenters. The fourth-order valence-electron chi connectivity index (χ4n) is 2.22. The van der Waals surface area contributed by atoms with E-state index in [4.69, 9.17) is 10.00 Å². The Morgan fingerprint density at radius 3 is 2.94 bits per heavy atom. The first-order valence-corrected chi connectivity index (χ1v) is 6.03. The molecule has 0 aliphatic carbocycles. The zero-order valence-electron chi connectivity index (χ0n) is 10.6. The third kappa shape index (κ3) is 2.36. The Hall–Kier alpha value is -1.86. The van der Waals surface area contributed by atoms with Crippen molar-refractivity contribution < 1.29 is 9.53 Å². The predicted octanol–water partition coefficient (Wildman–Crippen LogP) is 1.99. The van der Waals surface area contributed by atoms with Crippen LogP contribution in [0.2, 0.25) is 0 Å². The number of carbonyl (C=O) groups excluding carboxylic acids is 1. The van der Waals surface area contributed by atoms with Gasteiger partial charge in [0.1, 0.15) is 0 Å². The van der Waals surface area contributed by atoms with Crippen molar-refractivity contribution in [1.29, 1.82) is 5.26 Å². The zero-order valence-corrected chi connectivity index (χ0v) is 10.6. The summed E-state index contributed by atoms with van der Waals surface area (Å²) in [6, 6.07) is 7.54. The maximum Gasteiger partial charge on any atom is 0.161 e. The fourth-order valence-corrected chi connectivity index (χ4v) is 2.22. The molecule has 1 aromatic carbocycles. The molecule has 1 fully saturated rings. The van der Waals surface area contributed by atoms with E-state index < -0.39 is 0 Å². The first kappa shape index (κ1) is 12.6. The van der Waals surface area contributed by atoms with Crippen molar-refractivity contribution in [1.82, 2.24) is 0 Å². The molecule has 0 aromatic heterocycles. The van der Waals surface area contributed by atoms with Crippen LogP contribution in [-0.2, 0) is 4.74 Å². The van der Waals surface area contributed by atoms with Gasteiger partial charge in [-0.05, 0) is 32.0 Å². The van der Waals surface area contributed by atoms with Crippen LogP contribution >= 0.6 is 0 Å². The lowest BCUT2D eigenvalue weighted by Gasteiger charge is -2.36. The largest absolute Gasteiger partial charge is 0.377 e. The lowest BCUT2D eigenvalue weighted by atomic mass is 10.0. The molecule has 18 heavy (non-hydrogen) atoms. The summed E-state index contributed by atoms with van der Waals surface area (Å²) in [5.74, 6) is 0.0215. The number of benzene rings is 1. The Balaban J connectivity index is 2.46. The summed E-state index contributed by atoms with van der Waals surface area (Å²) in [4.78, 5) is 13.8. The number of hydrogen-bond donors (Lipinski definition) is 0. The van der Waals surface area contributed by atoms with Crippen LogP contribution in [0.1, 0.15) is 29.8 Å². The van der Waals surface area contributed by atoms with Gasteiger partial charge >= 0.3 is 0 Å². The van der Waals surface area contributed by atoms with Gasteiger partial charge in [-0.1, -0.05) is 0 Å². The molecule has 4 heteroatoms. The number of ether oxygens (including phenoxy) is 1. The van der Waals surface area contributed by atoms with Gasteiger partial charge in [-0.15, -0.1) is 0 Å². The summed E-state index contributed by atoms with van der Waals surface area (Å²) in [7, 11) is 0. The molecule has 0 saturated carbocycles. The van der Waals surface area contributed by atoms with Crippen LogP contribution in [0.25, 0.3) is 0 Å². The van der Waals surface area contributed by atoms with Crippen molar-refractivity contribution in [3.8, 4) is 6.07 Å². The molecular formula is C14H16N2O2. The Morgan fingerprint density at radius 2 is 2.33 bits per heavy atom. The molecule has 0 bridgehead atoms. The third-order valence-corrected chi connectivity index (χ3v) is 3.18. The summed E-state index contributed by atoms with van der Waals surface area (Å²) in [5.41, 5.74) is 2.09. The van der Waals surface area contributed by atoms with Crippen molar-refractivity contribution >= 4 is 11.5 Å². The van der Waals surface area contributed by atoms with Crippen molar-refractivity contribution in [3.63, 3.8) is 0 Å². The second-order valence-electron chi connectivity index (χ2n) is 4.52. The van der Waals surface area contributed by atoms with Gasteiger partial charge in [0.2, 0.25) is 0 Å². The summed E-state index contributed by atoms with van der Waals surface area (Å²) in [6.45, 7) is 5.65. The number of anilines is 1. The minimum Gasteiger partial charge on any atom is -0.377 e. The maximum absolute atomic E-state index is 11.7. The molecule has 1 atom stereocenters. The Labute approximate surface area is 107 Å². The van der Waals surface area contributed by atoms with Crippen LogP contribution in [0.3, 0.4) is 0 Å². The third-order valence-electron chi connectivity index (χ3n) is 3.18. The second-order valence-corrected chi connectivity index (χ2v) is 4.52. The molecule has 2 rings (SSSR count). The SMILES string of the molecule is CC(=O)c1ccc(C#N)cc1N1CCOCC1C. The van der Waals surface area contributed by atoms with E-state index in [1.54, 1.807) is 25.1 Å². The van der Waals surface area contributed by atoms with Gasteiger partial charge < -0.3 is 9.64 Å². The van der Waals surface area contributed by atoms with Crippen LogP contribution in [0, 0.1) is 11.3 Å². The van der Waals surface area contributed by atoms with E-state index in [1.165, 1.54) is 0 Å². The first-order valence-electron chi connectivity index (χ1n) is 6.03. The highest BCUT2D eigenvalue weighted by molar-refractivity contribution is 6.00. The van der Waals surface area contributed by atoms with E-state index in [0.717, 1.165) is 12.2 Å². The second kappa shape index (κ2) is 5.19.